The molecule has 0 saturated heterocycles. The van der Waals surface area contributed by atoms with E-state index in [-0.39, 0.29) is 23.6 Å². The summed E-state index contributed by atoms with van der Waals surface area (Å²) in [6.07, 6.45) is 3.01. The van der Waals surface area contributed by atoms with Gasteiger partial charge in [0.05, 0.1) is 29.8 Å². The highest BCUT2D eigenvalue weighted by atomic mass is 32.2. The third-order valence-electron chi connectivity index (χ3n) is 2.43. The van der Waals surface area contributed by atoms with Crippen LogP contribution in [0.25, 0.3) is 0 Å². The van der Waals surface area contributed by atoms with Crippen LogP contribution < -0.4 is 11.1 Å². The van der Waals surface area contributed by atoms with Crippen molar-refractivity contribution < 1.29 is 17.9 Å². The molecule has 0 bridgehead atoms. The molecule has 0 aromatic carbocycles. The molecule has 3 N–H and O–H groups in total. The molecule has 112 valence electrons. The number of carbonyl (C=O) groups excluding carboxylic acids is 1. The van der Waals surface area contributed by atoms with E-state index < -0.39 is 15.8 Å². The second kappa shape index (κ2) is 7.09. The number of esters is 1. The molecule has 0 radical (unpaired) electrons. The maximum atomic E-state index is 11.6. The largest absolute Gasteiger partial charge is 0.462 e. The number of nitrogens with two attached hydrogens (primary N) is 1. The third-order valence-corrected chi connectivity index (χ3v) is 3.46. The van der Waals surface area contributed by atoms with Crippen LogP contribution in [0.4, 0.5) is 11.5 Å². The van der Waals surface area contributed by atoms with Crippen LogP contribution in [0.3, 0.4) is 0 Å². The normalized spacial score (nSPS) is 11.1. The van der Waals surface area contributed by atoms with Crippen LogP contribution >= 0.6 is 0 Å². The van der Waals surface area contributed by atoms with E-state index in [4.69, 9.17) is 10.5 Å². The average molecular weight is 301 g/mol. The highest BCUT2D eigenvalue weighted by Gasteiger charge is 2.12. The number of hydrogen-bond acceptors (Lipinski definition) is 7. The van der Waals surface area contributed by atoms with Gasteiger partial charge >= 0.3 is 5.97 Å². The molecule has 0 saturated carbocycles. The molecule has 1 aromatic rings. The van der Waals surface area contributed by atoms with Crippen LogP contribution in [0, 0.1) is 0 Å². The lowest BCUT2D eigenvalue weighted by Gasteiger charge is -2.09. The minimum Gasteiger partial charge on any atom is -0.462 e. The van der Waals surface area contributed by atoms with E-state index in [1.807, 2.05) is 0 Å². The number of pyridine rings is 1. The summed E-state index contributed by atoms with van der Waals surface area (Å²) in [5.41, 5.74) is 6.15. The van der Waals surface area contributed by atoms with Gasteiger partial charge in [0.25, 0.3) is 0 Å². The second-order valence-electron chi connectivity index (χ2n) is 4.29. The van der Waals surface area contributed by atoms with Gasteiger partial charge in [-0.1, -0.05) is 0 Å². The van der Waals surface area contributed by atoms with Crippen LogP contribution in [0.1, 0.15) is 23.7 Å². The molecular formula is C12H19N3O4S. The molecule has 0 atom stereocenters. The Morgan fingerprint density at radius 1 is 1.50 bits per heavy atom. The van der Waals surface area contributed by atoms with Gasteiger partial charge in [-0.3, -0.25) is 0 Å². The maximum Gasteiger partial charge on any atom is 0.340 e. The number of hydrogen-bond donors (Lipinski definition) is 2. The number of anilines is 2. The Labute approximate surface area is 118 Å². The standard InChI is InChI=1S/C12H19N3O4S/c1-3-19-12(16)9-7-11(15-8-10(9)13)14-5-4-6-20(2,17)18/h7-8H,3-6,13H2,1-2H3,(H,14,15). The molecule has 0 amide bonds. The minimum absolute atomic E-state index is 0.0969. The first-order valence-corrected chi connectivity index (χ1v) is 8.23. The molecule has 1 heterocycles. The lowest BCUT2D eigenvalue weighted by molar-refractivity contribution is 0.0527. The van der Waals surface area contributed by atoms with Gasteiger partial charge in [-0.05, 0) is 19.4 Å². The topological polar surface area (TPSA) is 111 Å². The highest BCUT2D eigenvalue weighted by molar-refractivity contribution is 7.90. The van der Waals surface area contributed by atoms with E-state index in [1.165, 1.54) is 18.5 Å². The SMILES string of the molecule is CCOC(=O)c1cc(NCCCS(C)(=O)=O)ncc1N. The summed E-state index contributed by atoms with van der Waals surface area (Å²) in [5, 5.41) is 2.94. The van der Waals surface area contributed by atoms with Crippen molar-refractivity contribution in [1.82, 2.24) is 4.98 Å². The van der Waals surface area contributed by atoms with E-state index in [9.17, 15) is 13.2 Å². The zero-order chi connectivity index (χ0) is 15.2. The molecule has 20 heavy (non-hydrogen) atoms. The van der Waals surface area contributed by atoms with Crippen molar-refractivity contribution in [2.45, 2.75) is 13.3 Å². The van der Waals surface area contributed by atoms with Gasteiger partial charge in [0.15, 0.2) is 0 Å². The molecule has 0 aliphatic heterocycles. The Bertz CT molecular complexity index is 572. The first kappa shape index (κ1) is 16.2. The molecule has 7 nitrogen and oxygen atoms in total. The van der Waals surface area contributed by atoms with Gasteiger partial charge < -0.3 is 15.8 Å². The Morgan fingerprint density at radius 3 is 2.80 bits per heavy atom. The van der Waals surface area contributed by atoms with E-state index in [1.54, 1.807) is 6.92 Å². The van der Waals surface area contributed by atoms with Crippen molar-refractivity contribution in [1.29, 1.82) is 0 Å². The molecule has 1 rings (SSSR count). The summed E-state index contributed by atoms with van der Waals surface area (Å²) in [4.78, 5) is 15.7. The van der Waals surface area contributed by atoms with Crippen LogP contribution in [-0.2, 0) is 14.6 Å². The smallest absolute Gasteiger partial charge is 0.340 e. The molecule has 0 aliphatic rings. The summed E-state index contributed by atoms with van der Waals surface area (Å²) in [7, 11) is -2.97. The van der Waals surface area contributed by atoms with Crippen LogP contribution in [0.2, 0.25) is 0 Å². The summed E-state index contributed by atoms with van der Waals surface area (Å²) in [6.45, 7) is 2.41. The van der Waals surface area contributed by atoms with Crippen molar-refractivity contribution in [2.24, 2.45) is 0 Å². The predicted octanol–water partition coefficient (Wildman–Crippen LogP) is 0.687. The summed E-state index contributed by atoms with van der Waals surface area (Å²) < 4.78 is 26.8. The zero-order valence-electron chi connectivity index (χ0n) is 11.5. The van der Waals surface area contributed by atoms with Gasteiger partial charge in [0, 0.05) is 12.8 Å². The number of ether oxygens (including phenoxy) is 1. The number of carbonyl (C=O) groups is 1. The number of sulfone groups is 1. The van der Waals surface area contributed by atoms with Crippen molar-refractivity contribution in [3.05, 3.63) is 17.8 Å². The number of nitrogens with one attached hydrogen (secondary N) is 1. The fourth-order valence-corrected chi connectivity index (χ4v) is 2.17. The molecule has 0 fully saturated rings. The Hall–Kier alpha value is -1.83. The highest BCUT2D eigenvalue weighted by Crippen LogP contribution is 2.16. The Balaban J connectivity index is 2.63. The van der Waals surface area contributed by atoms with Crippen LogP contribution in [0.15, 0.2) is 12.3 Å². The second-order valence-corrected chi connectivity index (χ2v) is 6.55. The van der Waals surface area contributed by atoms with E-state index in [0.717, 1.165) is 0 Å². The third kappa shape index (κ3) is 5.43. The van der Waals surface area contributed by atoms with Crippen molar-refractivity contribution in [3.63, 3.8) is 0 Å². The van der Waals surface area contributed by atoms with Crippen LogP contribution in [0.5, 0.6) is 0 Å². The summed E-state index contributed by atoms with van der Waals surface area (Å²) in [5.74, 6) is 0.0435. The van der Waals surface area contributed by atoms with Gasteiger partial charge in [-0.15, -0.1) is 0 Å². The number of aromatic nitrogens is 1. The molecule has 0 aliphatic carbocycles. The summed E-state index contributed by atoms with van der Waals surface area (Å²) >= 11 is 0. The molecule has 8 heteroatoms. The summed E-state index contributed by atoms with van der Waals surface area (Å²) in [6, 6.07) is 1.49. The number of rotatable bonds is 7. The fraction of sp³-hybridized carbons (Fsp3) is 0.500. The van der Waals surface area contributed by atoms with Gasteiger partial charge in [0.2, 0.25) is 0 Å². The van der Waals surface area contributed by atoms with Crippen molar-refractivity contribution in [3.8, 4) is 0 Å². The first-order chi connectivity index (χ1) is 9.33. The van der Waals surface area contributed by atoms with E-state index >= 15 is 0 Å². The van der Waals surface area contributed by atoms with Crippen molar-refractivity contribution >= 4 is 27.3 Å². The minimum atomic E-state index is -2.97. The predicted molar refractivity (Wildman–Crippen MR) is 77.4 cm³/mol. The van der Waals surface area contributed by atoms with Gasteiger partial charge in [0.1, 0.15) is 15.7 Å². The zero-order valence-corrected chi connectivity index (χ0v) is 12.4. The average Bonchev–Trinajstić information content (AvgIpc) is 2.35. The van der Waals surface area contributed by atoms with Crippen LogP contribution in [-0.4, -0.2) is 44.5 Å². The number of nitrogens with zero attached hydrogens (tertiary/aromatic N) is 1. The van der Waals surface area contributed by atoms with E-state index in [0.29, 0.717) is 18.8 Å². The maximum absolute atomic E-state index is 11.6. The monoisotopic (exact) mass is 301 g/mol. The first-order valence-electron chi connectivity index (χ1n) is 6.17. The molecular weight excluding hydrogens is 282 g/mol. The Morgan fingerprint density at radius 2 is 2.20 bits per heavy atom. The van der Waals surface area contributed by atoms with E-state index in [2.05, 4.69) is 10.3 Å². The lowest BCUT2D eigenvalue weighted by atomic mass is 10.2. The molecule has 0 spiro atoms. The number of nitrogen functional groups attached to an aromatic ring is 1. The van der Waals surface area contributed by atoms with Crippen molar-refractivity contribution in [2.75, 3.05) is 36.2 Å². The Kier molecular flexibility index (Phi) is 5.75. The van der Waals surface area contributed by atoms with Gasteiger partial charge in [-0.25, -0.2) is 18.2 Å². The molecule has 0 unspecified atom stereocenters. The molecule has 1 aromatic heterocycles. The fourth-order valence-electron chi connectivity index (χ4n) is 1.50. The lowest BCUT2D eigenvalue weighted by Crippen LogP contribution is -2.12. The van der Waals surface area contributed by atoms with Gasteiger partial charge in [-0.2, -0.15) is 0 Å². The quantitative estimate of drug-likeness (QED) is 0.563.